The molecule has 2 heterocycles. The Labute approximate surface area is 74.8 Å². The number of hydrogen-bond acceptors (Lipinski definition) is 3. The van der Waals surface area contributed by atoms with Crippen molar-refractivity contribution in [3.05, 3.63) is 29.8 Å². The van der Waals surface area contributed by atoms with E-state index in [1.165, 1.54) is 12.1 Å². The molecule has 4 heteroatoms. The summed E-state index contributed by atoms with van der Waals surface area (Å²) in [4.78, 5) is 3.86. The summed E-state index contributed by atoms with van der Waals surface area (Å²) in [6.45, 7) is 1.77. The molecule has 1 aliphatic heterocycles. The van der Waals surface area contributed by atoms with Crippen LogP contribution in [-0.2, 0) is 10.3 Å². The molecule has 1 aliphatic rings. The van der Waals surface area contributed by atoms with Gasteiger partial charge in [0.15, 0.2) is 6.10 Å². The molecule has 13 heavy (non-hydrogen) atoms. The zero-order valence-corrected chi connectivity index (χ0v) is 6.99. The Kier molecular flexibility index (Phi) is 1.57. The summed E-state index contributed by atoms with van der Waals surface area (Å²) in [6, 6.07) is 4.83. The van der Waals surface area contributed by atoms with Gasteiger partial charge in [-0.2, -0.15) is 5.26 Å². The lowest BCUT2D eigenvalue weighted by Crippen LogP contribution is -2.08. The predicted octanol–water partition coefficient (Wildman–Crippen LogP) is 1.36. The van der Waals surface area contributed by atoms with Crippen LogP contribution in [0.5, 0.6) is 0 Å². The molecule has 0 N–H and O–H groups in total. The van der Waals surface area contributed by atoms with Crippen LogP contribution in [0.15, 0.2) is 18.3 Å². The third-order valence-corrected chi connectivity index (χ3v) is 2.16. The smallest absolute Gasteiger partial charge is 0.179 e. The molecule has 1 aromatic rings. The van der Waals surface area contributed by atoms with Crippen LogP contribution in [-0.4, -0.2) is 11.1 Å². The highest BCUT2D eigenvalue weighted by atomic mass is 19.1. The van der Waals surface area contributed by atoms with Gasteiger partial charge in [0.05, 0.1) is 18.0 Å². The van der Waals surface area contributed by atoms with Crippen LogP contribution < -0.4 is 0 Å². The molecule has 3 nitrogen and oxygen atoms in total. The van der Waals surface area contributed by atoms with Crippen molar-refractivity contribution in [2.24, 2.45) is 0 Å². The van der Waals surface area contributed by atoms with E-state index in [2.05, 4.69) is 4.98 Å². The normalized spacial score (nSPS) is 31.0. The highest BCUT2D eigenvalue weighted by Gasteiger charge is 2.55. The van der Waals surface area contributed by atoms with Gasteiger partial charge >= 0.3 is 0 Å². The summed E-state index contributed by atoms with van der Waals surface area (Å²) < 4.78 is 17.6. The highest BCUT2D eigenvalue weighted by Crippen LogP contribution is 2.44. The third kappa shape index (κ3) is 1.18. The monoisotopic (exact) mass is 178 g/mol. The molecule has 1 saturated heterocycles. The summed E-state index contributed by atoms with van der Waals surface area (Å²) in [5.41, 5.74) is -0.0388. The molecule has 2 unspecified atom stereocenters. The average Bonchev–Trinajstić information content (AvgIpc) is 2.80. The van der Waals surface area contributed by atoms with Crippen molar-refractivity contribution in [1.82, 2.24) is 4.98 Å². The second-order valence-corrected chi connectivity index (χ2v) is 3.10. The fourth-order valence-corrected chi connectivity index (χ4v) is 1.22. The third-order valence-electron chi connectivity index (χ3n) is 2.16. The lowest BCUT2D eigenvalue weighted by molar-refractivity contribution is 0.316. The molecule has 66 valence electrons. The maximum Gasteiger partial charge on any atom is 0.179 e. The Hall–Kier alpha value is -1.47. The van der Waals surface area contributed by atoms with Gasteiger partial charge in [0, 0.05) is 0 Å². The lowest BCUT2D eigenvalue weighted by atomic mass is 10.0. The van der Waals surface area contributed by atoms with Crippen LogP contribution >= 0.6 is 0 Å². The largest absolute Gasteiger partial charge is 0.343 e. The zero-order valence-electron chi connectivity index (χ0n) is 6.99. The molecule has 1 fully saturated rings. The molecule has 2 atom stereocenters. The molecule has 0 radical (unpaired) electrons. The zero-order chi connectivity index (χ0) is 9.47. The Balaban J connectivity index is 2.29. The van der Waals surface area contributed by atoms with Crippen molar-refractivity contribution in [2.75, 3.05) is 0 Å². The van der Waals surface area contributed by atoms with Crippen molar-refractivity contribution in [1.29, 1.82) is 5.26 Å². The van der Waals surface area contributed by atoms with E-state index in [1.807, 2.05) is 6.07 Å². The number of rotatable bonds is 1. The molecular weight excluding hydrogens is 171 g/mol. The molecule has 0 spiro atoms. The van der Waals surface area contributed by atoms with E-state index < -0.39 is 11.7 Å². The predicted molar refractivity (Wildman–Crippen MR) is 42.0 cm³/mol. The Morgan fingerprint density at radius 1 is 1.69 bits per heavy atom. The number of pyridine rings is 1. The number of aromatic nitrogens is 1. The van der Waals surface area contributed by atoms with Crippen molar-refractivity contribution >= 4 is 0 Å². The molecule has 0 amide bonds. The number of halogens is 1. The molecule has 0 aromatic carbocycles. The fourth-order valence-electron chi connectivity index (χ4n) is 1.22. The maximum atomic E-state index is 12.5. The minimum Gasteiger partial charge on any atom is -0.343 e. The fraction of sp³-hybridized carbons (Fsp3) is 0.333. The summed E-state index contributed by atoms with van der Waals surface area (Å²) in [6.07, 6.45) is 0.668. The van der Waals surface area contributed by atoms with Gasteiger partial charge in [-0.05, 0) is 19.1 Å². The van der Waals surface area contributed by atoms with E-state index in [9.17, 15) is 4.39 Å². The number of hydrogen-bond donors (Lipinski definition) is 0. The first kappa shape index (κ1) is 8.14. The molecule has 0 bridgehead atoms. The van der Waals surface area contributed by atoms with Gasteiger partial charge in [0.25, 0.3) is 0 Å². The number of epoxide rings is 1. The van der Waals surface area contributed by atoms with Crippen molar-refractivity contribution < 1.29 is 9.13 Å². The first-order chi connectivity index (χ1) is 6.16. The van der Waals surface area contributed by atoms with E-state index >= 15 is 0 Å². The number of nitriles is 1. The van der Waals surface area contributed by atoms with Crippen LogP contribution in [0, 0.1) is 17.1 Å². The standard InChI is InChI=1S/C9H7FN2O/c1-9(8(4-11)13-9)7-3-2-6(10)5-12-7/h2-3,5,8H,1H3. The van der Waals surface area contributed by atoms with Crippen molar-refractivity contribution in [2.45, 2.75) is 18.6 Å². The van der Waals surface area contributed by atoms with Crippen LogP contribution in [0.2, 0.25) is 0 Å². The topological polar surface area (TPSA) is 49.2 Å². The molecule has 2 rings (SSSR count). The maximum absolute atomic E-state index is 12.5. The summed E-state index contributed by atoms with van der Waals surface area (Å²) in [5, 5.41) is 8.58. The van der Waals surface area contributed by atoms with Gasteiger partial charge in [0.1, 0.15) is 11.4 Å². The van der Waals surface area contributed by atoms with Crippen LogP contribution in [0.25, 0.3) is 0 Å². The Morgan fingerprint density at radius 2 is 2.46 bits per heavy atom. The quantitative estimate of drug-likeness (QED) is 0.610. The van der Waals surface area contributed by atoms with Gasteiger partial charge < -0.3 is 4.74 Å². The number of ether oxygens (including phenoxy) is 1. The van der Waals surface area contributed by atoms with Gasteiger partial charge in [-0.15, -0.1) is 0 Å². The van der Waals surface area contributed by atoms with E-state index in [4.69, 9.17) is 10.00 Å². The number of nitrogens with zero attached hydrogens (tertiary/aromatic N) is 2. The second-order valence-electron chi connectivity index (χ2n) is 3.10. The van der Waals surface area contributed by atoms with Crippen molar-refractivity contribution in [3.63, 3.8) is 0 Å². The van der Waals surface area contributed by atoms with Gasteiger partial charge in [-0.1, -0.05) is 0 Å². The van der Waals surface area contributed by atoms with Crippen LogP contribution in [0.1, 0.15) is 12.6 Å². The van der Waals surface area contributed by atoms with Crippen molar-refractivity contribution in [3.8, 4) is 6.07 Å². The van der Waals surface area contributed by atoms with Gasteiger partial charge in [-0.25, -0.2) is 4.39 Å². The summed E-state index contributed by atoms with van der Waals surface area (Å²) in [5.74, 6) is -0.387. The lowest BCUT2D eigenvalue weighted by Gasteiger charge is -2.02. The Bertz CT molecular complexity index is 370. The van der Waals surface area contributed by atoms with E-state index in [1.54, 1.807) is 6.92 Å². The van der Waals surface area contributed by atoms with Gasteiger partial charge in [-0.3, -0.25) is 4.98 Å². The second kappa shape index (κ2) is 2.51. The SMILES string of the molecule is CC1(c2ccc(F)cn2)OC1C#N. The molecule has 0 aliphatic carbocycles. The minimum atomic E-state index is -0.636. The highest BCUT2D eigenvalue weighted by molar-refractivity contribution is 5.25. The first-order valence-corrected chi connectivity index (χ1v) is 3.86. The van der Waals surface area contributed by atoms with E-state index in [0.29, 0.717) is 5.69 Å². The molecule has 1 aromatic heterocycles. The van der Waals surface area contributed by atoms with Gasteiger partial charge in [0.2, 0.25) is 0 Å². The van der Waals surface area contributed by atoms with Crippen LogP contribution in [0.3, 0.4) is 0 Å². The first-order valence-electron chi connectivity index (χ1n) is 3.86. The summed E-state index contributed by atoms with van der Waals surface area (Å²) in [7, 11) is 0. The van der Waals surface area contributed by atoms with E-state index in [0.717, 1.165) is 6.20 Å². The average molecular weight is 178 g/mol. The summed E-state index contributed by atoms with van der Waals surface area (Å²) >= 11 is 0. The molecular formula is C9H7FN2O. The minimum absolute atomic E-state index is 0.387. The van der Waals surface area contributed by atoms with E-state index in [-0.39, 0.29) is 5.82 Å². The Morgan fingerprint density at radius 3 is 2.92 bits per heavy atom. The van der Waals surface area contributed by atoms with Crippen LogP contribution in [0.4, 0.5) is 4.39 Å². The molecule has 0 saturated carbocycles.